The van der Waals surface area contributed by atoms with Crippen molar-refractivity contribution < 1.29 is 9.59 Å². The van der Waals surface area contributed by atoms with Crippen molar-refractivity contribution in [3.05, 3.63) is 34.9 Å². The van der Waals surface area contributed by atoms with E-state index in [9.17, 15) is 9.59 Å². The Morgan fingerprint density at radius 3 is 2.56 bits per heavy atom. The number of carbonyl (C=O) groups excluding carboxylic acids is 2. The van der Waals surface area contributed by atoms with Crippen LogP contribution in [0.5, 0.6) is 0 Å². The average molecular weight is 441 g/mol. The molecule has 0 radical (unpaired) electrons. The van der Waals surface area contributed by atoms with Crippen LogP contribution in [0, 0.1) is 13.8 Å². The van der Waals surface area contributed by atoms with E-state index in [0.29, 0.717) is 0 Å². The molecule has 3 aliphatic rings. The van der Waals surface area contributed by atoms with Crippen LogP contribution in [0.1, 0.15) is 42.9 Å². The first-order chi connectivity index (χ1) is 15.4. The lowest BCUT2D eigenvalue weighted by Crippen LogP contribution is -2.64. The number of piperazine rings is 1. The second-order valence-electron chi connectivity index (χ2n) is 9.29. The standard InChI is InChI=1S/C24H36N6O2/c1-5-6-7-10-30-20-21(27(4)24(32)26-22(20)31)25-23(30)29-13-11-28(12-14-29)16-19-15-17(2)8-9-18(19)3/h8-9,15,20-21H,5-7,10-14,16H2,1-4H3,(H,26,31,32). The summed E-state index contributed by atoms with van der Waals surface area (Å²) in [6.07, 6.45) is 2.80. The summed E-state index contributed by atoms with van der Waals surface area (Å²) in [5.41, 5.74) is 4.02. The number of hydrogen-bond donors (Lipinski definition) is 1. The minimum absolute atomic E-state index is 0.234. The maximum atomic E-state index is 12.7. The molecule has 8 nitrogen and oxygen atoms in total. The summed E-state index contributed by atoms with van der Waals surface area (Å²) in [5.74, 6) is 0.640. The van der Waals surface area contributed by atoms with Gasteiger partial charge in [0.1, 0.15) is 0 Å². The number of carbonyl (C=O) groups is 2. The van der Waals surface area contributed by atoms with E-state index in [1.807, 2.05) is 0 Å². The van der Waals surface area contributed by atoms with Crippen molar-refractivity contribution in [3.8, 4) is 0 Å². The maximum Gasteiger partial charge on any atom is 0.325 e. The maximum absolute atomic E-state index is 12.7. The minimum atomic E-state index is -0.444. The number of aliphatic imine (C=N–C) groups is 1. The molecule has 32 heavy (non-hydrogen) atoms. The molecule has 3 amide bonds. The molecule has 2 fully saturated rings. The van der Waals surface area contributed by atoms with Crippen molar-refractivity contribution in [3.63, 3.8) is 0 Å². The first-order valence-electron chi connectivity index (χ1n) is 11.8. The zero-order valence-electron chi connectivity index (χ0n) is 19.8. The first-order valence-corrected chi connectivity index (χ1v) is 11.8. The summed E-state index contributed by atoms with van der Waals surface area (Å²) < 4.78 is 0. The predicted molar refractivity (Wildman–Crippen MR) is 125 cm³/mol. The SMILES string of the molecule is CCCCCN1C(N2CCN(Cc3cc(C)ccc3C)CC2)=NC2C1C(=O)NC(=O)N2C. The van der Waals surface area contributed by atoms with Gasteiger partial charge in [-0.25, -0.2) is 9.79 Å². The number of nitrogens with zero attached hydrogens (tertiary/aromatic N) is 5. The molecule has 4 rings (SSSR count). The summed E-state index contributed by atoms with van der Waals surface area (Å²) in [6, 6.07) is 5.85. The molecule has 3 heterocycles. The van der Waals surface area contributed by atoms with E-state index >= 15 is 0 Å². The molecule has 1 N–H and O–H groups in total. The highest BCUT2D eigenvalue weighted by molar-refractivity contribution is 6.03. The van der Waals surface area contributed by atoms with Gasteiger partial charge in [0.15, 0.2) is 18.2 Å². The van der Waals surface area contributed by atoms with Crippen molar-refractivity contribution in [2.75, 3.05) is 39.8 Å². The van der Waals surface area contributed by atoms with Gasteiger partial charge in [0.05, 0.1) is 0 Å². The minimum Gasteiger partial charge on any atom is -0.340 e. The molecule has 0 bridgehead atoms. The summed E-state index contributed by atoms with van der Waals surface area (Å²) in [5, 5.41) is 2.49. The van der Waals surface area contributed by atoms with Gasteiger partial charge in [0.2, 0.25) is 0 Å². The lowest BCUT2D eigenvalue weighted by molar-refractivity contribution is -0.127. The topological polar surface area (TPSA) is 71.5 Å². The number of rotatable bonds is 6. The smallest absolute Gasteiger partial charge is 0.325 e. The van der Waals surface area contributed by atoms with E-state index < -0.39 is 12.2 Å². The van der Waals surface area contributed by atoms with Crippen LogP contribution < -0.4 is 5.32 Å². The Balaban J connectivity index is 1.46. The Morgan fingerprint density at radius 1 is 1.09 bits per heavy atom. The Hall–Kier alpha value is -2.61. The molecule has 1 aromatic carbocycles. The van der Waals surface area contributed by atoms with Gasteiger partial charge in [-0.3, -0.25) is 15.0 Å². The van der Waals surface area contributed by atoms with E-state index in [0.717, 1.165) is 64.5 Å². The Kier molecular flexibility index (Phi) is 6.69. The average Bonchev–Trinajstić information content (AvgIpc) is 3.16. The molecule has 0 saturated carbocycles. The fourth-order valence-electron chi connectivity index (χ4n) is 4.86. The normalized spacial score (nSPS) is 24.0. The molecule has 0 aromatic heterocycles. The molecule has 174 valence electrons. The molecule has 0 spiro atoms. The van der Waals surface area contributed by atoms with Crippen LogP contribution in [0.25, 0.3) is 0 Å². The molecule has 2 atom stereocenters. The second-order valence-corrected chi connectivity index (χ2v) is 9.29. The van der Waals surface area contributed by atoms with Crippen LogP contribution in [-0.4, -0.2) is 89.5 Å². The molecule has 8 heteroatoms. The third-order valence-electron chi connectivity index (χ3n) is 6.90. The summed E-state index contributed by atoms with van der Waals surface area (Å²) >= 11 is 0. The van der Waals surface area contributed by atoms with Crippen LogP contribution >= 0.6 is 0 Å². The number of imide groups is 1. The highest BCUT2D eigenvalue weighted by Crippen LogP contribution is 2.27. The lowest BCUT2D eigenvalue weighted by Gasteiger charge is -2.40. The number of nitrogens with one attached hydrogen (secondary N) is 1. The molecule has 2 unspecified atom stereocenters. The van der Waals surface area contributed by atoms with Gasteiger partial charge in [-0.1, -0.05) is 43.5 Å². The summed E-state index contributed by atoms with van der Waals surface area (Å²) in [6.45, 7) is 11.9. The quantitative estimate of drug-likeness (QED) is 0.687. The highest BCUT2D eigenvalue weighted by Gasteiger charge is 2.49. The third-order valence-corrected chi connectivity index (χ3v) is 6.90. The van der Waals surface area contributed by atoms with Gasteiger partial charge in [0.25, 0.3) is 5.91 Å². The number of amides is 3. The highest BCUT2D eigenvalue weighted by atomic mass is 16.2. The molecular formula is C24H36N6O2. The van der Waals surface area contributed by atoms with Gasteiger partial charge in [-0.2, -0.15) is 0 Å². The third kappa shape index (κ3) is 4.46. The zero-order chi connectivity index (χ0) is 22.8. The van der Waals surface area contributed by atoms with Gasteiger partial charge >= 0.3 is 6.03 Å². The summed E-state index contributed by atoms with van der Waals surface area (Å²) in [7, 11) is 1.72. The van der Waals surface area contributed by atoms with Crippen molar-refractivity contribution in [2.45, 2.75) is 58.8 Å². The van der Waals surface area contributed by atoms with Gasteiger partial charge in [-0.05, 0) is 31.4 Å². The Labute approximate surface area is 191 Å². The largest absolute Gasteiger partial charge is 0.340 e. The number of likely N-dealkylation sites (N-methyl/N-ethyl adjacent to an activating group) is 1. The molecule has 1 aromatic rings. The number of unbranched alkanes of at least 4 members (excludes halogenated alkanes) is 2. The molecule has 3 aliphatic heterocycles. The van der Waals surface area contributed by atoms with Gasteiger partial charge < -0.3 is 14.7 Å². The van der Waals surface area contributed by atoms with Crippen LogP contribution in [0.4, 0.5) is 4.79 Å². The molecule has 0 aliphatic carbocycles. The van der Waals surface area contributed by atoms with Crippen LogP contribution in [-0.2, 0) is 11.3 Å². The first kappa shape index (κ1) is 22.6. The zero-order valence-corrected chi connectivity index (χ0v) is 19.8. The fourth-order valence-corrected chi connectivity index (χ4v) is 4.86. The van der Waals surface area contributed by atoms with Crippen molar-refractivity contribution >= 4 is 17.9 Å². The van der Waals surface area contributed by atoms with Crippen LogP contribution in [0.15, 0.2) is 23.2 Å². The monoisotopic (exact) mass is 440 g/mol. The number of benzene rings is 1. The van der Waals surface area contributed by atoms with Crippen LogP contribution in [0.2, 0.25) is 0 Å². The number of guanidine groups is 1. The Bertz CT molecular complexity index is 892. The molecule has 2 saturated heterocycles. The van der Waals surface area contributed by atoms with Gasteiger partial charge in [0, 0.05) is 46.3 Å². The predicted octanol–water partition coefficient (Wildman–Crippen LogP) is 2.16. The lowest BCUT2D eigenvalue weighted by atomic mass is 10.0. The number of aryl methyl sites for hydroxylation is 2. The van der Waals surface area contributed by atoms with E-state index in [4.69, 9.17) is 4.99 Å². The second kappa shape index (κ2) is 9.48. The Morgan fingerprint density at radius 2 is 1.84 bits per heavy atom. The van der Waals surface area contributed by atoms with E-state index in [1.165, 1.54) is 16.7 Å². The van der Waals surface area contributed by atoms with E-state index in [-0.39, 0.29) is 11.9 Å². The van der Waals surface area contributed by atoms with E-state index in [1.54, 1.807) is 11.9 Å². The van der Waals surface area contributed by atoms with Crippen molar-refractivity contribution in [1.29, 1.82) is 0 Å². The van der Waals surface area contributed by atoms with Gasteiger partial charge in [-0.15, -0.1) is 0 Å². The van der Waals surface area contributed by atoms with E-state index in [2.05, 4.69) is 59.0 Å². The van der Waals surface area contributed by atoms with Crippen LogP contribution in [0.3, 0.4) is 0 Å². The number of fused-ring (bicyclic) bond motifs is 1. The number of urea groups is 1. The number of hydrogen-bond acceptors (Lipinski definition) is 6. The van der Waals surface area contributed by atoms with Crippen molar-refractivity contribution in [2.24, 2.45) is 4.99 Å². The summed E-state index contributed by atoms with van der Waals surface area (Å²) in [4.78, 5) is 38.3. The van der Waals surface area contributed by atoms with Crippen molar-refractivity contribution in [1.82, 2.24) is 24.9 Å². The molecular weight excluding hydrogens is 404 g/mol. The fraction of sp³-hybridized carbons (Fsp3) is 0.625.